The molecule has 6 heteroatoms. The maximum absolute atomic E-state index is 12.6. The molecule has 0 saturated carbocycles. The first kappa shape index (κ1) is 16.5. The fraction of sp³-hybridized carbons (Fsp3) is 0.500. The lowest BCUT2D eigenvalue weighted by atomic mass is 10.1. The number of likely N-dealkylation sites (tertiary alicyclic amines) is 1. The molecule has 3 amide bonds. The number of amides is 3. The Balaban J connectivity index is 1.60. The first-order valence-corrected chi connectivity index (χ1v) is 8.59. The number of rotatable bonds is 4. The van der Waals surface area contributed by atoms with Crippen LogP contribution in [0.1, 0.15) is 37.7 Å². The summed E-state index contributed by atoms with van der Waals surface area (Å²) in [5.74, 6) is -0.331. The van der Waals surface area contributed by atoms with E-state index in [0.717, 1.165) is 24.8 Å². The van der Waals surface area contributed by atoms with Crippen molar-refractivity contribution in [3.8, 4) is 0 Å². The summed E-state index contributed by atoms with van der Waals surface area (Å²) in [5.41, 5.74) is 3.65. The summed E-state index contributed by atoms with van der Waals surface area (Å²) in [6, 6.07) is 9.06. The van der Waals surface area contributed by atoms with Crippen LogP contribution in [0.3, 0.4) is 0 Å². The molecule has 1 N–H and O–H groups in total. The van der Waals surface area contributed by atoms with Crippen LogP contribution in [0.15, 0.2) is 30.3 Å². The molecule has 1 unspecified atom stereocenters. The van der Waals surface area contributed by atoms with E-state index >= 15 is 0 Å². The fourth-order valence-electron chi connectivity index (χ4n) is 3.34. The van der Waals surface area contributed by atoms with Gasteiger partial charge < -0.3 is 4.90 Å². The van der Waals surface area contributed by atoms with Gasteiger partial charge in [-0.25, -0.2) is 0 Å². The van der Waals surface area contributed by atoms with Gasteiger partial charge >= 0.3 is 0 Å². The highest BCUT2D eigenvalue weighted by atomic mass is 16.2. The number of carbonyl (C=O) groups is 3. The van der Waals surface area contributed by atoms with Crippen LogP contribution in [-0.4, -0.2) is 46.8 Å². The van der Waals surface area contributed by atoms with E-state index in [1.54, 1.807) is 4.90 Å². The van der Waals surface area contributed by atoms with Gasteiger partial charge in [0, 0.05) is 19.5 Å². The molecule has 128 valence electrons. The minimum Gasteiger partial charge on any atom is -0.330 e. The topological polar surface area (TPSA) is 69.7 Å². The molecule has 0 aliphatic carbocycles. The Labute approximate surface area is 141 Å². The van der Waals surface area contributed by atoms with Gasteiger partial charge in [0.05, 0.1) is 6.42 Å². The summed E-state index contributed by atoms with van der Waals surface area (Å²) in [4.78, 5) is 38.6. The van der Waals surface area contributed by atoms with Crippen LogP contribution in [0, 0.1) is 0 Å². The largest absolute Gasteiger partial charge is 0.330 e. The predicted octanol–water partition coefficient (Wildman–Crippen LogP) is 1.26. The van der Waals surface area contributed by atoms with E-state index in [-0.39, 0.29) is 17.7 Å². The number of hydrazine groups is 1. The maximum atomic E-state index is 12.6. The van der Waals surface area contributed by atoms with E-state index in [9.17, 15) is 14.4 Å². The summed E-state index contributed by atoms with van der Waals surface area (Å²) in [7, 11) is 0. The van der Waals surface area contributed by atoms with Crippen LogP contribution in [-0.2, 0) is 20.8 Å². The predicted molar refractivity (Wildman–Crippen MR) is 88.6 cm³/mol. The third-order valence-corrected chi connectivity index (χ3v) is 4.64. The van der Waals surface area contributed by atoms with Gasteiger partial charge in [0.2, 0.25) is 11.8 Å². The third-order valence-electron chi connectivity index (χ3n) is 4.64. The number of benzene rings is 1. The van der Waals surface area contributed by atoms with Gasteiger partial charge in [0.25, 0.3) is 5.91 Å². The zero-order valence-corrected chi connectivity index (χ0v) is 13.7. The standard InChI is InChI=1S/C18H23N3O3/c22-16-10-4-5-12-21(16)19-18(24)15-9-6-11-20(15)17(23)13-14-7-2-1-3-8-14/h1-3,7-8,15H,4-6,9-13H2,(H,19,24). The van der Waals surface area contributed by atoms with Crippen molar-refractivity contribution in [3.63, 3.8) is 0 Å². The lowest BCUT2D eigenvalue weighted by Gasteiger charge is -2.30. The highest BCUT2D eigenvalue weighted by molar-refractivity contribution is 5.90. The van der Waals surface area contributed by atoms with Gasteiger partial charge in [-0.05, 0) is 31.2 Å². The summed E-state index contributed by atoms with van der Waals surface area (Å²) < 4.78 is 0. The van der Waals surface area contributed by atoms with Crippen LogP contribution >= 0.6 is 0 Å². The normalized spacial score (nSPS) is 21.0. The van der Waals surface area contributed by atoms with Crippen molar-refractivity contribution in [2.24, 2.45) is 0 Å². The van der Waals surface area contributed by atoms with E-state index in [1.165, 1.54) is 5.01 Å². The molecule has 3 rings (SSSR count). The molecule has 2 saturated heterocycles. The fourth-order valence-corrected chi connectivity index (χ4v) is 3.34. The number of nitrogens with zero attached hydrogens (tertiary/aromatic N) is 2. The minimum atomic E-state index is -0.476. The second-order valence-electron chi connectivity index (χ2n) is 6.39. The highest BCUT2D eigenvalue weighted by Gasteiger charge is 2.35. The van der Waals surface area contributed by atoms with Gasteiger partial charge in [-0.15, -0.1) is 0 Å². The number of nitrogens with one attached hydrogen (secondary N) is 1. The minimum absolute atomic E-state index is 0.0381. The monoisotopic (exact) mass is 329 g/mol. The lowest BCUT2D eigenvalue weighted by molar-refractivity contribution is -0.147. The zero-order chi connectivity index (χ0) is 16.9. The molecule has 0 radical (unpaired) electrons. The number of hydrogen-bond acceptors (Lipinski definition) is 3. The molecule has 1 aromatic carbocycles. The molecular weight excluding hydrogens is 306 g/mol. The van der Waals surface area contributed by atoms with Gasteiger partial charge in [-0.3, -0.25) is 24.8 Å². The number of piperidine rings is 1. The van der Waals surface area contributed by atoms with Crippen LogP contribution in [0.4, 0.5) is 0 Å². The summed E-state index contributed by atoms with van der Waals surface area (Å²) in [5, 5.41) is 1.41. The Kier molecular flexibility index (Phi) is 5.13. The van der Waals surface area contributed by atoms with Gasteiger partial charge in [-0.1, -0.05) is 30.3 Å². The van der Waals surface area contributed by atoms with Crippen molar-refractivity contribution in [3.05, 3.63) is 35.9 Å². The highest BCUT2D eigenvalue weighted by Crippen LogP contribution is 2.19. The molecule has 2 aliphatic rings. The maximum Gasteiger partial charge on any atom is 0.261 e. The van der Waals surface area contributed by atoms with Gasteiger partial charge in [0.1, 0.15) is 6.04 Å². The summed E-state index contributed by atoms with van der Waals surface area (Å²) in [6.45, 7) is 1.15. The van der Waals surface area contributed by atoms with E-state index in [1.807, 2.05) is 30.3 Å². The Bertz CT molecular complexity index is 617. The number of carbonyl (C=O) groups excluding carboxylic acids is 3. The number of hydrogen-bond donors (Lipinski definition) is 1. The quantitative estimate of drug-likeness (QED) is 0.904. The zero-order valence-electron chi connectivity index (χ0n) is 13.7. The molecule has 2 aliphatic heterocycles. The van der Waals surface area contributed by atoms with E-state index < -0.39 is 6.04 Å². The molecule has 0 bridgehead atoms. The lowest BCUT2D eigenvalue weighted by Crippen LogP contribution is -2.54. The van der Waals surface area contributed by atoms with Crippen molar-refractivity contribution in [1.82, 2.24) is 15.3 Å². The van der Waals surface area contributed by atoms with E-state index in [2.05, 4.69) is 5.43 Å². The van der Waals surface area contributed by atoms with Crippen LogP contribution in [0.25, 0.3) is 0 Å². The summed E-state index contributed by atoms with van der Waals surface area (Å²) in [6.07, 6.45) is 4.00. The second kappa shape index (κ2) is 7.47. The van der Waals surface area contributed by atoms with Crippen molar-refractivity contribution < 1.29 is 14.4 Å². The van der Waals surface area contributed by atoms with Crippen LogP contribution < -0.4 is 5.43 Å². The SMILES string of the molecule is O=C(NN1CCCCC1=O)C1CCCN1C(=O)Cc1ccccc1. The Morgan fingerprint density at radius 2 is 1.88 bits per heavy atom. The molecule has 1 atom stereocenters. The van der Waals surface area contributed by atoms with E-state index in [0.29, 0.717) is 32.4 Å². The molecule has 24 heavy (non-hydrogen) atoms. The van der Waals surface area contributed by atoms with Gasteiger partial charge in [0.15, 0.2) is 0 Å². The molecule has 2 heterocycles. The third kappa shape index (κ3) is 3.75. The van der Waals surface area contributed by atoms with Crippen LogP contribution in [0.5, 0.6) is 0 Å². The molecule has 6 nitrogen and oxygen atoms in total. The Hall–Kier alpha value is -2.37. The molecular formula is C18H23N3O3. The average molecular weight is 329 g/mol. The summed E-state index contributed by atoms with van der Waals surface area (Å²) >= 11 is 0. The molecule has 0 spiro atoms. The molecule has 2 fully saturated rings. The Morgan fingerprint density at radius 1 is 1.08 bits per heavy atom. The Morgan fingerprint density at radius 3 is 2.62 bits per heavy atom. The van der Waals surface area contributed by atoms with Crippen LogP contribution in [0.2, 0.25) is 0 Å². The average Bonchev–Trinajstić information content (AvgIpc) is 3.08. The van der Waals surface area contributed by atoms with E-state index in [4.69, 9.17) is 0 Å². The first-order valence-electron chi connectivity index (χ1n) is 8.59. The van der Waals surface area contributed by atoms with Crippen molar-refractivity contribution in [1.29, 1.82) is 0 Å². The van der Waals surface area contributed by atoms with Crippen molar-refractivity contribution in [2.45, 2.75) is 44.6 Å². The van der Waals surface area contributed by atoms with Gasteiger partial charge in [-0.2, -0.15) is 0 Å². The van der Waals surface area contributed by atoms with Crippen molar-refractivity contribution >= 4 is 17.7 Å². The van der Waals surface area contributed by atoms with Crippen molar-refractivity contribution in [2.75, 3.05) is 13.1 Å². The first-order chi connectivity index (χ1) is 11.6. The second-order valence-corrected chi connectivity index (χ2v) is 6.39. The smallest absolute Gasteiger partial charge is 0.261 e. The molecule has 0 aromatic heterocycles. The molecule has 1 aromatic rings.